The van der Waals surface area contributed by atoms with E-state index in [1.165, 1.54) is 16.7 Å². The van der Waals surface area contributed by atoms with E-state index in [-0.39, 0.29) is 6.09 Å². The van der Waals surface area contributed by atoms with Gasteiger partial charge in [0.15, 0.2) is 0 Å². The lowest BCUT2D eigenvalue weighted by atomic mass is 9.70. The van der Waals surface area contributed by atoms with Gasteiger partial charge in [0.2, 0.25) is 0 Å². The molecule has 3 heteroatoms. The Balaban J connectivity index is 1.84. The molecule has 2 aromatic carbocycles. The highest BCUT2D eigenvalue weighted by Crippen LogP contribution is 2.51. The number of benzene rings is 2. The summed E-state index contributed by atoms with van der Waals surface area (Å²) in [5.74, 6) is 0. The number of cyclic esters (lactones) is 1. The largest absolute Gasteiger partial charge is 0.440 e. The number of amides is 1. The third-order valence-electron chi connectivity index (χ3n) is 5.63. The molecule has 2 aromatic rings. The van der Waals surface area contributed by atoms with Gasteiger partial charge in [-0.2, -0.15) is 0 Å². The molecule has 4 rings (SSSR count). The van der Waals surface area contributed by atoms with Crippen molar-refractivity contribution in [2.45, 2.75) is 37.8 Å². The van der Waals surface area contributed by atoms with Gasteiger partial charge in [0.25, 0.3) is 0 Å². The van der Waals surface area contributed by atoms with Gasteiger partial charge in [0, 0.05) is 13.0 Å². The number of carbonyl (C=O) groups is 1. The molecular weight excluding hydrogens is 286 g/mol. The van der Waals surface area contributed by atoms with Gasteiger partial charge in [-0.25, -0.2) is 4.79 Å². The van der Waals surface area contributed by atoms with Crippen molar-refractivity contribution in [2.75, 3.05) is 6.54 Å². The van der Waals surface area contributed by atoms with Crippen molar-refractivity contribution in [3.63, 3.8) is 0 Å². The molecule has 0 radical (unpaired) electrons. The van der Waals surface area contributed by atoms with E-state index in [1.54, 1.807) is 0 Å². The van der Waals surface area contributed by atoms with E-state index in [0.29, 0.717) is 6.42 Å². The minimum atomic E-state index is -0.581. The Hall–Kier alpha value is -2.29. The molecule has 1 saturated heterocycles. The highest BCUT2D eigenvalue weighted by Gasteiger charge is 2.62. The zero-order valence-corrected chi connectivity index (χ0v) is 13.6. The molecule has 0 bridgehead atoms. The average Bonchev–Trinajstić information content (AvgIpc) is 2.75. The molecule has 0 spiro atoms. The second-order valence-electron chi connectivity index (χ2n) is 6.89. The minimum Gasteiger partial charge on any atom is -0.440 e. The second kappa shape index (κ2) is 4.85. The van der Waals surface area contributed by atoms with Crippen molar-refractivity contribution in [1.29, 1.82) is 0 Å². The number of ether oxygens (including phenoxy) is 1. The number of fused-ring (bicyclic) bond motifs is 3. The van der Waals surface area contributed by atoms with Crippen LogP contribution in [0.25, 0.3) is 0 Å². The molecule has 0 N–H and O–H groups in total. The van der Waals surface area contributed by atoms with Crippen LogP contribution in [0.5, 0.6) is 0 Å². The van der Waals surface area contributed by atoms with Crippen LogP contribution in [0.3, 0.4) is 0 Å². The van der Waals surface area contributed by atoms with E-state index in [2.05, 4.69) is 50.2 Å². The van der Waals surface area contributed by atoms with E-state index >= 15 is 0 Å². The lowest BCUT2D eigenvalue weighted by molar-refractivity contribution is 0.00241. The fourth-order valence-electron chi connectivity index (χ4n) is 4.20. The van der Waals surface area contributed by atoms with Crippen LogP contribution in [0.15, 0.2) is 54.6 Å². The lowest BCUT2D eigenvalue weighted by Crippen LogP contribution is -2.56. The van der Waals surface area contributed by atoms with Crippen LogP contribution in [-0.2, 0) is 23.1 Å². The summed E-state index contributed by atoms with van der Waals surface area (Å²) in [7, 11) is 0. The molecule has 118 valence electrons. The predicted molar refractivity (Wildman–Crippen MR) is 89.2 cm³/mol. The zero-order chi connectivity index (χ0) is 16.1. The van der Waals surface area contributed by atoms with Crippen molar-refractivity contribution in [3.8, 4) is 0 Å². The maximum absolute atomic E-state index is 12.5. The van der Waals surface area contributed by atoms with Gasteiger partial charge >= 0.3 is 6.09 Å². The van der Waals surface area contributed by atoms with Gasteiger partial charge in [-0.3, -0.25) is 4.90 Å². The lowest BCUT2D eigenvalue weighted by Gasteiger charge is -2.46. The van der Waals surface area contributed by atoms with Crippen molar-refractivity contribution in [3.05, 3.63) is 71.3 Å². The van der Waals surface area contributed by atoms with Crippen molar-refractivity contribution >= 4 is 6.09 Å². The summed E-state index contributed by atoms with van der Waals surface area (Å²) in [6, 6.07) is 18.7. The Kier molecular flexibility index (Phi) is 3.02. The minimum absolute atomic E-state index is 0.194. The average molecular weight is 307 g/mol. The molecule has 3 nitrogen and oxygen atoms in total. The zero-order valence-electron chi connectivity index (χ0n) is 13.6. The fraction of sp³-hybridized carbons (Fsp3) is 0.350. The summed E-state index contributed by atoms with van der Waals surface area (Å²) in [4.78, 5) is 14.4. The molecule has 0 aromatic heterocycles. The van der Waals surface area contributed by atoms with Gasteiger partial charge in [0.1, 0.15) is 11.1 Å². The van der Waals surface area contributed by atoms with Crippen LogP contribution in [0.4, 0.5) is 4.79 Å². The van der Waals surface area contributed by atoms with E-state index in [9.17, 15) is 4.79 Å². The Morgan fingerprint density at radius 2 is 1.74 bits per heavy atom. The molecule has 2 heterocycles. The van der Waals surface area contributed by atoms with Crippen LogP contribution >= 0.6 is 0 Å². The van der Waals surface area contributed by atoms with Crippen molar-refractivity contribution in [2.24, 2.45) is 0 Å². The smallest absolute Gasteiger partial charge is 0.411 e. The molecule has 0 aliphatic carbocycles. The molecule has 23 heavy (non-hydrogen) atoms. The molecule has 1 fully saturated rings. The standard InChI is InChI=1S/C20H21NO2/c1-19(14-15-8-4-3-5-9-15)20(2)17-11-7-6-10-16(17)12-13-21(20)18(22)23-19/h3-11H,12-14H2,1-2H3/t19-,20-/m0/s1. The summed E-state index contributed by atoms with van der Waals surface area (Å²) in [5, 5.41) is 0. The first-order chi connectivity index (χ1) is 11.0. The van der Waals surface area contributed by atoms with Crippen molar-refractivity contribution < 1.29 is 9.53 Å². The third kappa shape index (κ3) is 1.92. The number of nitrogens with zero attached hydrogens (tertiary/aromatic N) is 1. The molecule has 0 saturated carbocycles. The van der Waals surface area contributed by atoms with Crippen LogP contribution < -0.4 is 0 Å². The number of hydrogen-bond donors (Lipinski definition) is 0. The molecule has 0 unspecified atom stereocenters. The summed E-state index contributed by atoms with van der Waals surface area (Å²) < 4.78 is 5.95. The Morgan fingerprint density at radius 1 is 1.04 bits per heavy atom. The number of carbonyl (C=O) groups excluding carboxylic acids is 1. The van der Waals surface area contributed by atoms with Gasteiger partial charge < -0.3 is 4.74 Å². The van der Waals surface area contributed by atoms with Gasteiger partial charge in [-0.15, -0.1) is 0 Å². The van der Waals surface area contributed by atoms with E-state index in [0.717, 1.165) is 13.0 Å². The van der Waals surface area contributed by atoms with Crippen LogP contribution in [0.2, 0.25) is 0 Å². The Labute approximate surface area is 136 Å². The second-order valence-corrected chi connectivity index (χ2v) is 6.89. The maximum atomic E-state index is 12.5. The highest BCUT2D eigenvalue weighted by molar-refractivity contribution is 5.74. The first kappa shape index (κ1) is 14.3. The predicted octanol–water partition coefficient (Wildman–Crippen LogP) is 3.91. The van der Waals surface area contributed by atoms with Crippen molar-refractivity contribution in [1.82, 2.24) is 4.90 Å². The molecule has 2 atom stereocenters. The molecule has 2 aliphatic rings. The number of hydrogen-bond acceptors (Lipinski definition) is 2. The normalized spacial score (nSPS) is 29.0. The fourth-order valence-corrected chi connectivity index (χ4v) is 4.20. The first-order valence-electron chi connectivity index (χ1n) is 8.17. The molecule has 2 aliphatic heterocycles. The summed E-state index contributed by atoms with van der Waals surface area (Å²) in [5.41, 5.74) is 2.71. The Bertz CT molecular complexity index is 757. The number of rotatable bonds is 2. The van der Waals surface area contributed by atoms with E-state index in [1.807, 2.05) is 23.1 Å². The third-order valence-corrected chi connectivity index (χ3v) is 5.63. The topological polar surface area (TPSA) is 29.5 Å². The summed E-state index contributed by atoms with van der Waals surface area (Å²) in [6.07, 6.45) is 1.41. The maximum Gasteiger partial charge on any atom is 0.411 e. The summed E-state index contributed by atoms with van der Waals surface area (Å²) >= 11 is 0. The van der Waals surface area contributed by atoms with E-state index < -0.39 is 11.1 Å². The van der Waals surface area contributed by atoms with Gasteiger partial charge in [-0.05, 0) is 37.0 Å². The van der Waals surface area contributed by atoms with E-state index in [4.69, 9.17) is 4.74 Å². The van der Waals surface area contributed by atoms with Crippen LogP contribution in [0, 0.1) is 0 Å². The SMILES string of the molecule is C[C@@]1(Cc2ccccc2)OC(=O)N2CCc3ccccc3[C@]21C. The van der Waals surface area contributed by atoms with Gasteiger partial charge in [0.05, 0.1) is 0 Å². The first-order valence-corrected chi connectivity index (χ1v) is 8.17. The highest BCUT2D eigenvalue weighted by atomic mass is 16.6. The van der Waals surface area contributed by atoms with Crippen LogP contribution in [-0.4, -0.2) is 23.1 Å². The molecular formula is C20H21NO2. The Morgan fingerprint density at radius 3 is 2.52 bits per heavy atom. The summed E-state index contributed by atoms with van der Waals surface area (Å²) in [6.45, 7) is 4.94. The molecule has 1 amide bonds. The monoisotopic (exact) mass is 307 g/mol. The van der Waals surface area contributed by atoms with Gasteiger partial charge in [-0.1, -0.05) is 54.6 Å². The quantitative estimate of drug-likeness (QED) is 0.842. The van der Waals surface area contributed by atoms with Crippen LogP contribution in [0.1, 0.15) is 30.5 Å².